The molecule has 7 heteroatoms. The van der Waals surface area contributed by atoms with Crippen molar-refractivity contribution in [2.24, 2.45) is 0 Å². The highest BCUT2D eigenvalue weighted by Crippen LogP contribution is 2.12. The van der Waals surface area contributed by atoms with Crippen LogP contribution in [0.25, 0.3) is 0 Å². The summed E-state index contributed by atoms with van der Waals surface area (Å²) in [5.74, 6) is 0.654. The predicted molar refractivity (Wildman–Crippen MR) is 79.1 cm³/mol. The minimum absolute atomic E-state index is 0.0928. The molecule has 1 aromatic heterocycles. The molecule has 7 nitrogen and oxygen atoms in total. The lowest BCUT2D eigenvalue weighted by Crippen LogP contribution is -2.46. The number of carbonyl (C=O) groups is 2. The molecule has 0 N–H and O–H groups in total. The van der Waals surface area contributed by atoms with Gasteiger partial charge in [-0.1, -0.05) is 0 Å². The molecule has 114 valence electrons. The van der Waals surface area contributed by atoms with Gasteiger partial charge in [0.25, 0.3) is 5.91 Å². The molecule has 0 atom stereocenters. The fraction of sp³-hybridized carbons (Fsp3) is 0.571. The van der Waals surface area contributed by atoms with Crippen LogP contribution in [0.15, 0.2) is 12.4 Å². The van der Waals surface area contributed by atoms with Crippen molar-refractivity contribution in [3.63, 3.8) is 0 Å². The van der Waals surface area contributed by atoms with Gasteiger partial charge in [-0.05, 0) is 13.8 Å². The first kappa shape index (κ1) is 15.2. The Bertz CT molecular complexity index is 479. The minimum Gasteiger partial charge on any atom is -0.352 e. The van der Waals surface area contributed by atoms with Crippen molar-refractivity contribution < 1.29 is 9.59 Å². The summed E-state index contributed by atoms with van der Waals surface area (Å²) >= 11 is 0. The van der Waals surface area contributed by atoms with E-state index in [9.17, 15) is 9.59 Å². The lowest BCUT2D eigenvalue weighted by molar-refractivity contribution is -0.118. The molecule has 0 bridgehead atoms. The van der Waals surface area contributed by atoms with Gasteiger partial charge in [-0.3, -0.25) is 9.59 Å². The third-order valence-corrected chi connectivity index (χ3v) is 3.70. The van der Waals surface area contributed by atoms with Crippen molar-refractivity contribution in [2.75, 3.05) is 44.2 Å². The van der Waals surface area contributed by atoms with Crippen LogP contribution in [0.2, 0.25) is 0 Å². The summed E-state index contributed by atoms with van der Waals surface area (Å²) in [6.45, 7) is 8.04. The van der Waals surface area contributed by atoms with Gasteiger partial charge in [0.2, 0.25) is 6.41 Å². The van der Waals surface area contributed by atoms with Gasteiger partial charge in [-0.25, -0.2) is 9.97 Å². The van der Waals surface area contributed by atoms with Crippen molar-refractivity contribution in [1.29, 1.82) is 0 Å². The Balaban J connectivity index is 2.02. The third-order valence-electron chi connectivity index (χ3n) is 3.70. The van der Waals surface area contributed by atoms with Crippen molar-refractivity contribution in [2.45, 2.75) is 13.8 Å². The van der Waals surface area contributed by atoms with E-state index in [4.69, 9.17) is 0 Å². The Morgan fingerprint density at radius 2 is 1.86 bits per heavy atom. The Hall–Kier alpha value is -2.18. The first-order chi connectivity index (χ1) is 10.2. The second-order valence-corrected chi connectivity index (χ2v) is 4.87. The van der Waals surface area contributed by atoms with E-state index in [-0.39, 0.29) is 5.91 Å². The molecule has 0 aromatic carbocycles. The molecule has 2 rings (SSSR count). The molecular weight excluding hydrogens is 270 g/mol. The van der Waals surface area contributed by atoms with Crippen LogP contribution in [0.4, 0.5) is 5.82 Å². The van der Waals surface area contributed by atoms with Crippen molar-refractivity contribution in [1.82, 2.24) is 19.8 Å². The smallest absolute Gasteiger partial charge is 0.274 e. The maximum Gasteiger partial charge on any atom is 0.274 e. The van der Waals surface area contributed by atoms with Crippen molar-refractivity contribution in [3.05, 3.63) is 18.1 Å². The van der Waals surface area contributed by atoms with Crippen LogP contribution >= 0.6 is 0 Å². The summed E-state index contributed by atoms with van der Waals surface area (Å²) in [4.78, 5) is 36.9. The SMILES string of the molecule is CCN(CC)C(=O)c1cnc(N2CCN(C=O)CC2)cn1. The number of anilines is 1. The number of nitrogens with zero attached hydrogens (tertiary/aromatic N) is 5. The highest BCUT2D eigenvalue weighted by Gasteiger charge is 2.18. The van der Waals surface area contributed by atoms with E-state index in [2.05, 4.69) is 14.9 Å². The lowest BCUT2D eigenvalue weighted by Gasteiger charge is -2.33. The van der Waals surface area contributed by atoms with Crippen molar-refractivity contribution >= 4 is 18.1 Å². The Kier molecular flexibility index (Phi) is 5.08. The van der Waals surface area contributed by atoms with E-state index in [0.29, 0.717) is 31.9 Å². The molecule has 1 saturated heterocycles. The number of rotatable bonds is 5. The quantitative estimate of drug-likeness (QED) is 0.727. The molecule has 2 heterocycles. The topological polar surface area (TPSA) is 69.6 Å². The Labute approximate surface area is 124 Å². The zero-order valence-corrected chi connectivity index (χ0v) is 12.5. The van der Waals surface area contributed by atoms with Crippen molar-refractivity contribution in [3.8, 4) is 0 Å². The van der Waals surface area contributed by atoms with Gasteiger partial charge >= 0.3 is 0 Å². The number of aromatic nitrogens is 2. The van der Waals surface area contributed by atoms with Gasteiger partial charge in [0, 0.05) is 39.3 Å². The van der Waals surface area contributed by atoms with Gasteiger partial charge in [-0.15, -0.1) is 0 Å². The predicted octanol–water partition coefficient (Wildman–Crippen LogP) is 0.237. The summed E-state index contributed by atoms with van der Waals surface area (Å²) in [6.07, 6.45) is 4.03. The van der Waals surface area contributed by atoms with Gasteiger partial charge < -0.3 is 14.7 Å². The number of carbonyl (C=O) groups excluding carboxylic acids is 2. The summed E-state index contributed by atoms with van der Waals surface area (Å²) in [5.41, 5.74) is 0.369. The molecule has 0 radical (unpaired) electrons. The molecule has 0 saturated carbocycles. The normalized spacial score (nSPS) is 15.0. The molecule has 0 spiro atoms. The van der Waals surface area contributed by atoms with Crippen LogP contribution in [0, 0.1) is 0 Å². The number of hydrogen-bond acceptors (Lipinski definition) is 5. The standard InChI is InChI=1S/C14H21N5O2/c1-3-18(4-2)14(21)12-9-16-13(10-15-12)19-7-5-17(11-20)6-8-19/h9-11H,3-8H2,1-2H3. The maximum absolute atomic E-state index is 12.1. The maximum atomic E-state index is 12.1. The van der Waals surface area contributed by atoms with Crippen LogP contribution < -0.4 is 4.90 Å². The first-order valence-corrected chi connectivity index (χ1v) is 7.25. The van der Waals surface area contributed by atoms with Crippen LogP contribution in [0.5, 0.6) is 0 Å². The molecule has 1 aromatic rings. The molecular formula is C14H21N5O2. The van der Waals surface area contributed by atoms with E-state index in [1.807, 2.05) is 13.8 Å². The average Bonchev–Trinajstić information content (AvgIpc) is 2.56. The number of hydrogen-bond donors (Lipinski definition) is 0. The second-order valence-electron chi connectivity index (χ2n) is 4.87. The van der Waals surface area contributed by atoms with Gasteiger partial charge in [0.1, 0.15) is 11.5 Å². The first-order valence-electron chi connectivity index (χ1n) is 7.25. The van der Waals surface area contributed by atoms with Gasteiger partial charge in [-0.2, -0.15) is 0 Å². The highest BCUT2D eigenvalue weighted by atomic mass is 16.2. The fourth-order valence-electron chi connectivity index (χ4n) is 2.32. The molecule has 2 amide bonds. The summed E-state index contributed by atoms with van der Waals surface area (Å²) in [5, 5.41) is 0. The Morgan fingerprint density at radius 1 is 1.19 bits per heavy atom. The van der Waals surface area contributed by atoms with E-state index in [0.717, 1.165) is 25.3 Å². The van der Waals surface area contributed by atoms with E-state index in [1.54, 1.807) is 16.0 Å². The van der Waals surface area contributed by atoms with Crippen LogP contribution in [-0.4, -0.2) is 71.4 Å². The van der Waals surface area contributed by atoms with Gasteiger partial charge in [0.15, 0.2) is 0 Å². The lowest BCUT2D eigenvalue weighted by atomic mass is 10.3. The average molecular weight is 291 g/mol. The van der Waals surface area contributed by atoms with Gasteiger partial charge in [0.05, 0.1) is 12.4 Å². The zero-order valence-electron chi connectivity index (χ0n) is 12.5. The summed E-state index contributed by atoms with van der Waals surface area (Å²) < 4.78 is 0. The molecule has 21 heavy (non-hydrogen) atoms. The largest absolute Gasteiger partial charge is 0.352 e. The van der Waals surface area contributed by atoms with Crippen LogP contribution in [0.3, 0.4) is 0 Å². The number of amides is 2. The van der Waals surface area contributed by atoms with Crippen LogP contribution in [-0.2, 0) is 4.79 Å². The second kappa shape index (κ2) is 7.01. The Morgan fingerprint density at radius 3 is 2.33 bits per heavy atom. The summed E-state index contributed by atoms with van der Waals surface area (Å²) in [6, 6.07) is 0. The molecule has 0 aliphatic carbocycles. The van der Waals surface area contributed by atoms with Crippen LogP contribution in [0.1, 0.15) is 24.3 Å². The molecule has 1 aliphatic heterocycles. The third kappa shape index (κ3) is 3.48. The number of piperazine rings is 1. The molecule has 1 aliphatic rings. The highest BCUT2D eigenvalue weighted by molar-refractivity contribution is 5.92. The van der Waals surface area contributed by atoms with E-state index >= 15 is 0 Å². The van der Waals surface area contributed by atoms with E-state index in [1.165, 1.54) is 6.20 Å². The zero-order chi connectivity index (χ0) is 15.2. The fourth-order valence-corrected chi connectivity index (χ4v) is 2.32. The molecule has 0 unspecified atom stereocenters. The minimum atomic E-state index is -0.0928. The summed E-state index contributed by atoms with van der Waals surface area (Å²) in [7, 11) is 0. The van der Waals surface area contributed by atoms with E-state index < -0.39 is 0 Å². The molecule has 1 fully saturated rings. The monoisotopic (exact) mass is 291 g/mol.